The van der Waals surface area contributed by atoms with Crippen LogP contribution in [0.3, 0.4) is 0 Å². The van der Waals surface area contributed by atoms with Gasteiger partial charge in [-0.2, -0.15) is 0 Å². The smallest absolute Gasteiger partial charge is 0.163 e. The Balaban J connectivity index is 3.31. The predicted molar refractivity (Wildman–Crippen MR) is 53.3 cm³/mol. The van der Waals surface area contributed by atoms with Crippen LogP contribution in [0.1, 0.15) is 27.7 Å². The second kappa shape index (κ2) is 3.27. The van der Waals surface area contributed by atoms with Gasteiger partial charge < -0.3 is 5.32 Å². The number of aryl methyl sites for hydroxylation is 1. The largest absolute Gasteiger partial charge is 0.379 e. The van der Waals surface area contributed by atoms with Crippen molar-refractivity contribution in [2.24, 2.45) is 0 Å². The van der Waals surface area contributed by atoms with E-state index in [9.17, 15) is 4.79 Å². The molecule has 0 saturated carbocycles. The highest BCUT2D eigenvalue weighted by Crippen LogP contribution is 2.31. The molecule has 2 nitrogen and oxygen atoms in total. The Bertz CT molecular complexity index is 315. The van der Waals surface area contributed by atoms with Crippen molar-refractivity contribution < 1.29 is 4.79 Å². The van der Waals surface area contributed by atoms with Crippen LogP contribution < -0.4 is 5.32 Å². The first-order chi connectivity index (χ1) is 5.57. The first kappa shape index (κ1) is 9.26. The molecular weight excluding hydrogens is 170 g/mol. The van der Waals surface area contributed by atoms with E-state index in [1.165, 1.54) is 4.88 Å². The van der Waals surface area contributed by atoms with E-state index in [1.807, 2.05) is 20.9 Å². The van der Waals surface area contributed by atoms with E-state index >= 15 is 0 Å². The number of thiophene rings is 1. The van der Waals surface area contributed by atoms with Crippen LogP contribution in [0.4, 0.5) is 5.00 Å². The molecule has 0 aliphatic rings. The molecule has 0 fully saturated rings. The molecule has 0 atom stereocenters. The second-order valence-electron chi connectivity index (χ2n) is 2.79. The summed E-state index contributed by atoms with van der Waals surface area (Å²) in [6.45, 7) is 5.63. The molecule has 3 heteroatoms. The molecule has 0 saturated heterocycles. The van der Waals surface area contributed by atoms with Crippen LogP contribution >= 0.6 is 11.3 Å². The Labute approximate surface area is 76.6 Å². The highest BCUT2D eigenvalue weighted by Gasteiger charge is 2.14. The fraction of sp³-hybridized carbons (Fsp3) is 0.444. The molecule has 0 aliphatic carbocycles. The molecule has 1 rings (SSSR count). The third kappa shape index (κ3) is 1.37. The van der Waals surface area contributed by atoms with Gasteiger partial charge in [-0.1, -0.05) is 0 Å². The summed E-state index contributed by atoms with van der Waals surface area (Å²) in [5.74, 6) is 0.140. The van der Waals surface area contributed by atoms with E-state index < -0.39 is 0 Å². The molecule has 0 unspecified atom stereocenters. The van der Waals surface area contributed by atoms with Gasteiger partial charge in [0.1, 0.15) is 0 Å². The van der Waals surface area contributed by atoms with E-state index in [2.05, 4.69) is 5.32 Å². The van der Waals surface area contributed by atoms with Crippen molar-refractivity contribution in [3.8, 4) is 0 Å². The lowest BCUT2D eigenvalue weighted by Gasteiger charge is -1.98. The summed E-state index contributed by atoms with van der Waals surface area (Å²) in [6.07, 6.45) is 0. The van der Waals surface area contributed by atoms with Gasteiger partial charge in [0.15, 0.2) is 5.78 Å². The first-order valence-corrected chi connectivity index (χ1v) is 4.68. The summed E-state index contributed by atoms with van der Waals surface area (Å²) < 4.78 is 0. The number of hydrogen-bond acceptors (Lipinski definition) is 3. The van der Waals surface area contributed by atoms with Gasteiger partial charge in [0, 0.05) is 11.9 Å². The zero-order chi connectivity index (χ0) is 9.30. The van der Waals surface area contributed by atoms with E-state index in [-0.39, 0.29) is 5.78 Å². The monoisotopic (exact) mass is 183 g/mol. The SMILES string of the molecule is CNc1sc(C)c(C)c1C(C)=O. The normalized spacial score (nSPS) is 10.0. The quantitative estimate of drug-likeness (QED) is 0.714. The minimum Gasteiger partial charge on any atom is -0.379 e. The summed E-state index contributed by atoms with van der Waals surface area (Å²) >= 11 is 1.64. The number of Topliss-reactive ketones (excluding diaryl/α,β-unsaturated/α-hetero) is 1. The third-order valence-electron chi connectivity index (χ3n) is 1.96. The lowest BCUT2D eigenvalue weighted by molar-refractivity contribution is 0.101. The van der Waals surface area contributed by atoms with Crippen molar-refractivity contribution in [1.29, 1.82) is 0 Å². The molecular formula is C9H13NOS. The summed E-state index contributed by atoms with van der Waals surface area (Å²) in [5.41, 5.74) is 1.96. The molecule has 1 heterocycles. The maximum Gasteiger partial charge on any atom is 0.163 e. The van der Waals surface area contributed by atoms with Crippen LogP contribution in [-0.2, 0) is 0 Å². The lowest BCUT2D eigenvalue weighted by Crippen LogP contribution is -1.97. The Kier molecular flexibility index (Phi) is 2.52. The summed E-state index contributed by atoms with van der Waals surface area (Å²) in [6, 6.07) is 0. The standard InChI is InChI=1S/C9H13NOS/c1-5-7(3)12-9(10-4)8(5)6(2)11/h10H,1-4H3. The molecule has 0 bridgehead atoms. The van der Waals surface area contributed by atoms with Crippen LogP contribution in [0.2, 0.25) is 0 Å². The molecule has 66 valence electrons. The lowest BCUT2D eigenvalue weighted by atomic mass is 10.1. The van der Waals surface area contributed by atoms with Gasteiger partial charge in [0.25, 0.3) is 0 Å². The van der Waals surface area contributed by atoms with Gasteiger partial charge in [-0.25, -0.2) is 0 Å². The Morgan fingerprint density at radius 2 is 2.00 bits per heavy atom. The fourth-order valence-electron chi connectivity index (χ4n) is 1.23. The number of anilines is 1. The Hall–Kier alpha value is -0.830. The molecule has 12 heavy (non-hydrogen) atoms. The molecule has 1 aromatic rings. The predicted octanol–water partition coefficient (Wildman–Crippen LogP) is 2.61. The summed E-state index contributed by atoms with van der Waals surface area (Å²) in [5, 5.41) is 4.02. The third-order valence-corrected chi connectivity index (χ3v) is 3.19. The first-order valence-electron chi connectivity index (χ1n) is 3.86. The van der Waals surface area contributed by atoms with Crippen molar-refractivity contribution in [2.45, 2.75) is 20.8 Å². The average Bonchev–Trinajstić information content (AvgIpc) is 2.28. The van der Waals surface area contributed by atoms with Gasteiger partial charge in [-0.15, -0.1) is 11.3 Å². The number of carbonyl (C=O) groups excluding carboxylic acids is 1. The summed E-state index contributed by atoms with van der Waals surface area (Å²) in [4.78, 5) is 12.4. The zero-order valence-electron chi connectivity index (χ0n) is 7.82. The fourth-order valence-corrected chi connectivity index (χ4v) is 2.29. The number of carbonyl (C=O) groups is 1. The van der Waals surface area contributed by atoms with Gasteiger partial charge in [-0.05, 0) is 26.3 Å². The number of nitrogens with one attached hydrogen (secondary N) is 1. The average molecular weight is 183 g/mol. The second-order valence-corrected chi connectivity index (χ2v) is 4.02. The molecule has 0 aromatic carbocycles. The van der Waals surface area contributed by atoms with E-state index in [0.29, 0.717) is 0 Å². The van der Waals surface area contributed by atoms with E-state index in [0.717, 1.165) is 16.1 Å². The van der Waals surface area contributed by atoms with Gasteiger partial charge >= 0.3 is 0 Å². The van der Waals surface area contributed by atoms with Crippen molar-refractivity contribution in [2.75, 3.05) is 12.4 Å². The van der Waals surface area contributed by atoms with Crippen molar-refractivity contribution in [3.05, 3.63) is 16.0 Å². The van der Waals surface area contributed by atoms with Crippen LogP contribution in [0.5, 0.6) is 0 Å². The van der Waals surface area contributed by atoms with Crippen LogP contribution in [0.15, 0.2) is 0 Å². The Morgan fingerprint density at radius 3 is 2.33 bits per heavy atom. The zero-order valence-corrected chi connectivity index (χ0v) is 8.63. The molecule has 1 N–H and O–H groups in total. The molecule has 0 amide bonds. The van der Waals surface area contributed by atoms with E-state index in [1.54, 1.807) is 18.3 Å². The van der Waals surface area contributed by atoms with Crippen molar-refractivity contribution in [1.82, 2.24) is 0 Å². The molecule has 0 radical (unpaired) electrons. The topological polar surface area (TPSA) is 29.1 Å². The highest BCUT2D eigenvalue weighted by atomic mass is 32.1. The summed E-state index contributed by atoms with van der Waals surface area (Å²) in [7, 11) is 1.84. The van der Waals surface area contributed by atoms with Crippen molar-refractivity contribution in [3.63, 3.8) is 0 Å². The number of rotatable bonds is 2. The maximum absolute atomic E-state index is 11.2. The number of hydrogen-bond donors (Lipinski definition) is 1. The van der Waals surface area contributed by atoms with Gasteiger partial charge in [0.2, 0.25) is 0 Å². The minimum atomic E-state index is 0.140. The highest BCUT2D eigenvalue weighted by molar-refractivity contribution is 7.16. The van der Waals surface area contributed by atoms with Crippen LogP contribution in [0.25, 0.3) is 0 Å². The van der Waals surface area contributed by atoms with Crippen LogP contribution in [0, 0.1) is 13.8 Å². The molecule has 0 spiro atoms. The number of ketones is 1. The van der Waals surface area contributed by atoms with E-state index in [4.69, 9.17) is 0 Å². The Morgan fingerprint density at radius 1 is 1.42 bits per heavy atom. The van der Waals surface area contributed by atoms with Crippen molar-refractivity contribution >= 4 is 22.1 Å². The molecule has 1 aromatic heterocycles. The van der Waals surface area contributed by atoms with Crippen LogP contribution in [-0.4, -0.2) is 12.8 Å². The van der Waals surface area contributed by atoms with Gasteiger partial charge in [-0.3, -0.25) is 4.79 Å². The molecule has 0 aliphatic heterocycles. The van der Waals surface area contributed by atoms with Gasteiger partial charge in [0.05, 0.1) is 10.6 Å². The maximum atomic E-state index is 11.2. The minimum absolute atomic E-state index is 0.140.